The highest BCUT2D eigenvalue weighted by Gasteiger charge is 2.28. The first-order valence-electron chi connectivity index (χ1n) is 11.6. The molecular weight excluding hydrogens is 543 g/mol. The normalized spacial score (nSPS) is 11.8. The van der Waals surface area contributed by atoms with Gasteiger partial charge in [0.1, 0.15) is 6.04 Å². The topological polar surface area (TPSA) is 92.2 Å². The third-order valence-electron chi connectivity index (χ3n) is 5.92. The monoisotopic (exact) mass is 564 g/mol. The molecule has 0 aliphatic heterocycles. The Morgan fingerprint density at radius 2 is 1.87 bits per heavy atom. The van der Waals surface area contributed by atoms with Crippen molar-refractivity contribution in [2.24, 2.45) is 0 Å². The van der Waals surface area contributed by atoms with Gasteiger partial charge in [-0.2, -0.15) is 0 Å². The van der Waals surface area contributed by atoms with E-state index in [1.165, 1.54) is 7.11 Å². The lowest BCUT2D eigenvalue weighted by Gasteiger charge is -2.19. The molecule has 7 nitrogen and oxygen atoms in total. The van der Waals surface area contributed by atoms with E-state index in [0.717, 1.165) is 16.5 Å². The molecule has 5 aromatic rings. The van der Waals surface area contributed by atoms with Crippen molar-refractivity contribution in [3.63, 3.8) is 0 Å². The molecule has 2 heterocycles. The Morgan fingerprint density at radius 1 is 1.11 bits per heavy atom. The summed E-state index contributed by atoms with van der Waals surface area (Å²) in [6.45, 7) is 0. The van der Waals surface area contributed by atoms with Crippen LogP contribution in [0.15, 0.2) is 83.4 Å². The Balaban J connectivity index is 1.52. The molecule has 0 bridgehead atoms. The van der Waals surface area contributed by atoms with Gasteiger partial charge < -0.3 is 24.8 Å². The zero-order chi connectivity index (χ0) is 26.6. The largest absolute Gasteiger partial charge is 0.464 e. The van der Waals surface area contributed by atoms with Crippen LogP contribution in [0.1, 0.15) is 28.0 Å². The number of H-pyrrole nitrogens is 1. The number of fused-ring (bicyclic) bond motifs is 1. The lowest BCUT2D eigenvalue weighted by molar-refractivity contribution is 0.0595. The molecule has 0 amide bonds. The molecule has 0 radical (unpaired) electrons. The zero-order valence-corrected chi connectivity index (χ0v) is 22.5. The predicted octanol–water partition coefficient (Wildman–Crippen LogP) is 7.19. The van der Waals surface area contributed by atoms with E-state index in [2.05, 4.69) is 20.6 Å². The standard InChI is InChI=1S/C28H22Cl2N4O3S/c1-36-27(35)24-25(19-15-31-21-10-6-5-9-18(19)21)37-26(34-24)23(13-16-7-3-2-4-8-16)33-28(38)32-22-12-11-17(29)14-20(22)30/h2-12,14-15,23,31H,13H2,1H3,(H2,32,33,38)/t23-/m0/s1. The van der Waals surface area contributed by atoms with Gasteiger partial charge in [-0.05, 0) is 42.0 Å². The van der Waals surface area contributed by atoms with Gasteiger partial charge in [0, 0.05) is 34.1 Å². The number of anilines is 1. The van der Waals surface area contributed by atoms with Crippen LogP contribution < -0.4 is 10.6 Å². The fourth-order valence-electron chi connectivity index (χ4n) is 4.12. The van der Waals surface area contributed by atoms with Gasteiger partial charge in [0.25, 0.3) is 0 Å². The number of hydrogen-bond acceptors (Lipinski definition) is 5. The molecule has 0 aliphatic rings. The molecule has 0 fully saturated rings. The first kappa shape index (κ1) is 25.8. The van der Waals surface area contributed by atoms with Gasteiger partial charge in [0.2, 0.25) is 5.89 Å². The minimum absolute atomic E-state index is 0.0757. The van der Waals surface area contributed by atoms with E-state index in [-0.39, 0.29) is 11.6 Å². The van der Waals surface area contributed by atoms with Gasteiger partial charge in [0.05, 0.1) is 17.8 Å². The molecular formula is C28H22Cl2N4O3S. The van der Waals surface area contributed by atoms with Gasteiger partial charge in [-0.25, -0.2) is 9.78 Å². The number of methoxy groups -OCH3 is 1. The van der Waals surface area contributed by atoms with E-state index in [1.807, 2.05) is 54.6 Å². The van der Waals surface area contributed by atoms with Gasteiger partial charge in [-0.3, -0.25) is 0 Å². The molecule has 0 saturated carbocycles. The lowest BCUT2D eigenvalue weighted by Crippen LogP contribution is -2.33. The Hall–Kier alpha value is -3.85. The Labute approximate surface area is 234 Å². The molecule has 3 N–H and O–H groups in total. The number of rotatable bonds is 7. The number of halogens is 2. The SMILES string of the molecule is COC(=O)c1nc([C@H](Cc2ccccc2)NC(=S)Nc2ccc(Cl)cc2Cl)oc1-c1c[nH]c2ccccc12. The summed E-state index contributed by atoms with van der Waals surface area (Å²) in [5.74, 6) is -0.0166. The number of hydrogen-bond donors (Lipinski definition) is 3. The highest BCUT2D eigenvalue weighted by Crippen LogP contribution is 2.34. The number of ether oxygens (including phenoxy) is 1. The van der Waals surface area contributed by atoms with E-state index in [0.29, 0.717) is 38.6 Å². The minimum Gasteiger partial charge on any atom is -0.464 e. The molecule has 0 aliphatic carbocycles. The van der Waals surface area contributed by atoms with Crippen molar-refractivity contribution in [2.75, 3.05) is 12.4 Å². The van der Waals surface area contributed by atoms with Crippen molar-refractivity contribution in [1.82, 2.24) is 15.3 Å². The van der Waals surface area contributed by atoms with Crippen molar-refractivity contribution in [3.8, 4) is 11.3 Å². The van der Waals surface area contributed by atoms with Gasteiger partial charge in [0.15, 0.2) is 16.6 Å². The second-order valence-electron chi connectivity index (χ2n) is 8.43. The number of oxazole rings is 1. The van der Waals surface area contributed by atoms with E-state index >= 15 is 0 Å². The number of aromatic amines is 1. The minimum atomic E-state index is -0.604. The van der Waals surface area contributed by atoms with Gasteiger partial charge in [-0.15, -0.1) is 0 Å². The third-order valence-corrected chi connectivity index (χ3v) is 6.69. The van der Waals surface area contributed by atoms with Crippen LogP contribution in [0.2, 0.25) is 10.0 Å². The smallest absolute Gasteiger partial charge is 0.360 e. The van der Waals surface area contributed by atoms with E-state index in [4.69, 9.17) is 44.6 Å². The molecule has 38 heavy (non-hydrogen) atoms. The van der Waals surface area contributed by atoms with Crippen LogP contribution in [0.4, 0.5) is 5.69 Å². The molecule has 3 aromatic carbocycles. The Bertz CT molecular complexity index is 1620. The molecule has 0 spiro atoms. The summed E-state index contributed by atoms with van der Waals surface area (Å²) in [6, 6.07) is 22.1. The average Bonchev–Trinajstić information content (AvgIpc) is 3.55. The van der Waals surface area contributed by atoms with Crippen LogP contribution in [-0.2, 0) is 11.2 Å². The number of nitrogens with zero attached hydrogens (tertiary/aromatic N) is 1. The van der Waals surface area contributed by atoms with Crippen LogP contribution in [-0.4, -0.2) is 28.2 Å². The Morgan fingerprint density at radius 3 is 2.63 bits per heavy atom. The molecule has 1 atom stereocenters. The summed E-state index contributed by atoms with van der Waals surface area (Å²) in [5, 5.41) is 8.48. The Kier molecular flexibility index (Phi) is 7.64. The maximum atomic E-state index is 12.7. The maximum absolute atomic E-state index is 12.7. The number of nitrogens with one attached hydrogen (secondary N) is 3. The van der Waals surface area contributed by atoms with Crippen LogP contribution in [0.5, 0.6) is 0 Å². The van der Waals surface area contributed by atoms with Crippen molar-refractivity contribution >= 4 is 63.1 Å². The molecule has 10 heteroatoms. The fourth-order valence-corrected chi connectivity index (χ4v) is 4.83. The first-order chi connectivity index (χ1) is 18.4. The predicted molar refractivity (Wildman–Crippen MR) is 154 cm³/mol. The third kappa shape index (κ3) is 5.52. The van der Waals surface area contributed by atoms with Crippen LogP contribution >= 0.6 is 35.4 Å². The van der Waals surface area contributed by atoms with E-state index < -0.39 is 12.0 Å². The maximum Gasteiger partial charge on any atom is 0.360 e. The molecule has 2 aromatic heterocycles. The summed E-state index contributed by atoms with van der Waals surface area (Å²) in [6.07, 6.45) is 2.27. The van der Waals surface area contributed by atoms with Crippen LogP contribution in [0.25, 0.3) is 22.2 Å². The van der Waals surface area contributed by atoms with Gasteiger partial charge >= 0.3 is 5.97 Å². The molecule has 0 unspecified atom stereocenters. The van der Waals surface area contributed by atoms with E-state index in [9.17, 15) is 4.79 Å². The molecule has 0 saturated heterocycles. The number of aromatic nitrogens is 2. The highest BCUT2D eigenvalue weighted by molar-refractivity contribution is 7.80. The number of esters is 1. The fraction of sp³-hybridized carbons (Fsp3) is 0.107. The van der Waals surface area contributed by atoms with E-state index in [1.54, 1.807) is 24.4 Å². The first-order valence-corrected chi connectivity index (χ1v) is 12.8. The van der Waals surface area contributed by atoms with Crippen LogP contribution in [0, 0.1) is 0 Å². The van der Waals surface area contributed by atoms with Crippen molar-refractivity contribution in [2.45, 2.75) is 12.5 Å². The summed E-state index contributed by atoms with van der Waals surface area (Å²) < 4.78 is 11.3. The van der Waals surface area contributed by atoms with Crippen molar-refractivity contribution < 1.29 is 13.9 Å². The summed E-state index contributed by atoms with van der Waals surface area (Å²) in [7, 11) is 1.31. The molecule has 5 rings (SSSR count). The number of para-hydroxylation sites is 1. The summed E-state index contributed by atoms with van der Waals surface area (Å²) >= 11 is 17.9. The second kappa shape index (κ2) is 11.3. The quantitative estimate of drug-likeness (QED) is 0.142. The number of carbonyl (C=O) groups excluding carboxylic acids is 1. The lowest BCUT2D eigenvalue weighted by atomic mass is 10.1. The highest BCUT2D eigenvalue weighted by atomic mass is 35.5. The van der Waals surface area contributed by atoms with Crippen molar-refractivity contribution in [3.05, 3.63) is 106 Å². The molecule has 192 valence electrons. The summed E-state index contributed by atoms with van der Waals surface area (Å²) in [4.78, 5) is 20.5. The van der Waals surface area contributed by atoms with Crippen LogP contribution in [0.3, 0.4) is 0 Å². The summed E-state index contributed by atoms with van der Waals surface area (Å²) in [5.41, 5.74) is 3.29. The number of carbonyl (C=O) groups is 1. The number of thiocarbonyl (C=S) groups is 1. The zero-order valence-electron chi connectivity index (χ0n) is 20.1. The average molecular weight is 565 g/mol. The second-order valence-corrected chi connectivity index (χ2v) is 9.69. The van der Waals surface area contributed by atoms with Gasteiger partial charge in [-0.1, -0.05) is 71.7 Å². The number of benzene rings is 3. The van der Waals surface area contributed by atoms with Crippen molar-refractivity contribution in [1.29, 1.82) is 0 Å².